The summed E-state index contributed by atoms with van der Waals surface area (Å²) in [5, 5.41) is 3.53. The van der Waals surface area contributed by atoms with Crippen molar-refractivity contribution < 1.29 is 19.1 Å². The fraction of sp³-hybridized carbons (Fsp3) is 0.407. The highest BCUT2D eigenvalue weighted by atomic mass is 16.5. The minimum Gasteiger partial charge on any atom is -0.497 e. The maximum Gasteiger partial charge on any atom is 0.230 e. The van der Waals surface area contributed by atoms with Gasteiger partial charge in [-0.15, -0.1) is 0 Å². The number of carbonyl (C=O) groups excluding carboxylic acids is 2. The predicted molar refractivity (Wildman–Crippen MR) is 130 cm³/mol. The molecule has 2 aliphatic rings. The molecule has 0 saturated carbocycles. The number of hydrogen-bond acceptors (Lipinski definition) is 5. The molecule has 1 aliphatic carbocycles. The Morgan fingerprint density at radius 1 is 1.09 bits per heavy atom. The van der Waals surface area contributed by atoms with Crippen LogP contribution in [0.25, 0.3) is 0 Å². The van der Waals surface area contributed by atoms with Crippen molar-refractivity contribution >= 4 is 23.1 Å². The van der Waals surface area contributed by atoms with Crippen LogP contribution in [-0.4, -0.2) is 25.9 Å². The highest BCUT2D eigenvalue weighted by Crippen LogP contribution is 2.50. The number of nitrogens with one attached hydrogen (secondary N) is 1. The molecule has 6 nitrogen and oxygen atoms in total. The summed E-state index contributed by atoms with van der Waals surface area (Å²) in [6, 6.07) is 12.7. The van der Waals surface area contributed by atoms with Crippen LogP contribution in [-0.2, 0) is 9.59 Å². The van der Waals surface area contributed by atoms with Crippen molar-refractivity contribution in [3.05, 3.63) is 59.3 Å². The average Bonchev–Trinajstić information content (AvgIpc) is 2.91. The Morgan fingerprint density at radius 2 is 1.82 bits per heavy atom. The van der Waals surface area contributed by atoms with Crippen LogP contribution in [0.5, 0.6) is 11.5 Å². The quantitative estimate of drug-likeness (QED) is 0.669. The standard InChI is InChI=1S/C27H32N2O4/c1-16(2)26(31)29-21-10-8-7-9-19(21)28-20-14-27(3,4)15-22(30)24(20)25(29)18-12-11-17(32-5)13-23(18)33-6/h7-13,16,25,28H,14-15H2,1-6H3/t25-/m0/s1. The minimum absolute atomic E-state index is 0.0472. The lowest BCUT2D eigenvalue weighted by atomic mass is 9.73. The first kappa shape index (κ1) is 22.9. The number of ketones is 1. The number of carbonyl (C=O) groups is 2. The third-order valence-corrected chi connectivity index (χ3v) is 6.37. The first-order chi connectivity index (χ1) is 15.7. The maximum atomic E-state index is 13.7. The summed E-state index contributed by atoms with van der Waals surface area (Å²) >= 11 is 0. The lowest BCUT2D eigenvalue weighted by Crippen LogP contribution is -2.41. The Bertz CT molecular complexity index is 1130. The third-order valence-electron chi connectivity index (χ3n) is 6.37. The molecular weight excluding hydrogens is 416 g/mol. The molecule has 2 aromatic rings. The van der Waals surface area contributed by atoms with Crippen molar-refractivity contribution in [2.75, 3.05) is 24.4 Å². The number of methoxy groups -OCH3 is 2. The molecule has 0 spiro atoms. The molecule has 174 valence electrons. The molecular formula is C27H32N2O4. The number of para-hydroxylation sites is 2. The highest BCUT2D eigenvalue weighted by Gasteiger charge is 2.44. The van der Waals surface area contributed by atoms with Gasteiger partial charge in [0.25, 0.3) is 0 Å². The van der Waals surface area contributed by atoms with Crippen LogP contribution in [0.15, 0.2) is 53.7 Å². The molecule has 1 amide bonds. The molecule has 0 bridgehead atoms. The van der Waals surface area contributed by atoms with E-state index in [1.54, 1.807) is 25.2 Å². The number of nitrogens with zero attached hydrogens (tertiary/aromatic N) is 1. The van der Waals surface area contributed by atoms with E-state index in [-0.39, 0.29) is 23.0 Å². The van der Waals surface area contributed by atoms with E-state index in [1.807, 2.05) is 50.2 Å². The van der Waals surface area contributed by atoms with Gasteiger partial charge in [-0.1, -0.05) is 39.8 Å². The zero-order chi connectivity index (χ0) is 23.9. The second kappa shape index (κ2) is 8.58. The van der Waals surface area contributed by atoms with Gasteiger partial charge in [0.05, 0.1) is 31.6 Å². The number of Topliss-reactive ketones (excluding diaryl/α,β-unsaturated/α-hetero) is 1. The molecule has 2 aromatic carbocycles. The summed E-state index contributed by atoms with van der Waals surface area (Å²) in [6.07, 6.45) is 1.13. The minimum atomic E-state index is -0.615. The van der Waals surface area contributed by atoms with E-state index >= 15 is 0 Å². The zero-order valence-corrected chi connectivity index (χ0v) is 20.2. The molecule has 1 heterocycles. The smallest absolute Gasteiger partial charge is 0.230 e. The van der Waals surface area contributed by atoms with Crippen LogP contribution in [0.3, 0.4) is 0 Å². The second-order valence-corrected chi connectivity index (χ2v) is 9.85. The molecule has 4 rings (SSSR count). The van der Waals surface area contributed by atoms with Crippen molar-refractivity contribution in [2.45, 2.75) is 46.6 Å². The molecule has 1 aliphatic heterocycles. The average molecular weight is 449 g/mol. The molecule has 0 radical (unpaired) electrons. The molecule has 0 unspecified atom stereocenters. The van der Waals surface area contributed by atoms with Gasteiger partial charge in [0, 0.05) is 35.2 Å². The number of ether oxygens (including phenoxy) is 2. The van der Waals surface area contributed by atoms with Gasteiger partial charge in [-0.25, -0.2) is 0 Å². The molecule has 6 heteroatoms. The van der Waals surface area contributed by atoms with Gasteiger partial charge in [-0.3, -0.25) is 14.5 Å². The number of hydrogen-bond donors (Lipinski definition) is 1. The summed E-state index contributed by atoms with van der Waals surface area (Å²) in [6.45, 7) is 7.97. The second-order valence-electron chi connectivity index (χ2n) is 9.85. The van der Waals surface area contributed by atoms with Gasteiger partial charge in [0.1, 0.15) is 11.5 Å². The first-order valence-corrected chi connectivity index (χ1v) is 11.3. The first-order valence-electron chi connectivity index (χ1n) is 11.3. The predicted octanol–water partition coefficient (Wildman–Crippen LogP) is 5.50. The van der Waals surface area contributed by atoms with Gasteiger partial charge in [-0.2, -0.15) is 0 Å². The van der Waals surface area contributed by atoms with Gasteiger partial charge in [0.2, 0.25) is 5.91 Å². The maximum absolute atomic E-state index is 13.7. The van der Waals surface area contributed by atoms with Gasteiger partial charge < -0.3 is 14.8 Å². The third kappa shape index (κ3) is 4.10. The van der Waals surface area contributed by atoms with Crippen LogP contribution in [0.4, 0.5) is 11.4 Å². The number of anilines is 2. The lowest BCUT2D eigenvalue weighted by molar-refractivity contribution is -0.122. The summed E-state index contributed by atoms with van der Waals surface area (Å²) in [5.74, 6) is 0.950. The van der Waals surface area contributed by atoms with Crippen molar-refractivity contribution in [1.29, 1.82) is 0 Å². The highest BCUT2D eigenvalue weighted by molar-refractivity contribution is 6.07. The molecule has 0 fully saturated rings. The molecule has 33 heavy (non-hydrogen) atoms. The normalized spacial score (nSPS) is 19.4. The molecule has 1 atom stereocenters. The Balaban J connectivity index is 2.05. The zero-order valence-electron chi connectivity index (χ0n) is 20.2. The monoisotopic (exact) mass is 448 g/mol. The van der Waals surface area contributed by atoms with E-state index in [0.717, 1.165) is 22.6 Å². The van der Waals surface area contributed by atoms with Crippen molar-refractivity contribution in [3.8, 4) is 11.5 Å². The van der Waals surface area contributed by atoms with E-state index in [4.69, 9.17) is 9.47 Å². The lowest BCUT2D eigenvalue weighted by Gasteiger charge is -2.38. The molecule has 0 aromatic heterocycles. The van der Waals surface area contributed by atoms with Crippen molar-refractivity contribution in [1.82, 2.24) is 0 Å². The number of benzene rings is 2. The van der Waals surface area contributed by atoms with Crippen LogP contribution in [0.1, 0.15) is 52.1 Å². The van der Waals surface area contributed by atoms with Crippen LogP contribution in [0.2, 0.25) is 0 Å². The topological polar surface area (TPSA) is 67.9 Å². The van der Waals surface area contributed by atoms with E-state index < -0.39 is 6.04 Å². The summed E-state index contributed by atoms with van der Waals surface area (Å²) in [5.41, 5.74) is 3.64. The van der Waals surface area contributed by atoms with E-state index in [1.165, 1.54) is 0 Å². The van der Waals surface area contributed by atoms with Crippen LogP contribution < -0.4 is 19.7 Å². The Labute approximate surface area is 195 Å². The number of allylic oxidation sites excluding steroid dienone is 1. The SMILES string of the molecule is COc1ccc([C@H]2C3=C(CC(C)(C)CC3=O)Nc3ccccc3N2C(=O)C(C)C)c(OC)c1. The van der Waals surface area contributed by atoms with E-state index in [0.29, 0.717) is 29.9 Å². The summed E-state index contributed by atoms with van der Waals surface area (Å²) < 4.78 is 11.1. The molecule has 1 N–H and O–H groups in total. The number of amides is 1. The van der Waals surface area contributed by atoms with Gasteiger partial charge in [0.15, 0.2) is 5.78 Å². The molecule has 0 saturated heterocycles. The van der Waals surface area contributed by atoms with E-state index in [9.17, 15) is 9.59 Å². The Morgan fingerprint density at radius 3 is 2.48 bits per heavy atom. The summed E-state index contributed by atoms with van der Waals surface area (Å²) in [4.78, 5) is 29.2. The van der Waals surface area contributed by atoms with Crippen molar-refractivity contribution in [3.63, 3.8) is 0 Å². The van der Waals surface area contributed by atoms with E-state index in [2.05, 4.69) is 19.2 Å². The Kier molecular flexibility index (Phi) is 5.95. The van der Waals surface area contributed by atoms with Gasteiger partial charge >= 0.3 is 0 Å². The largest absolute Gasteiger partial charge is 0.497 e. The fourth-order valence-corrected chi connectivity index (χ4v) is 4.85. The Hall–Kier alpha value is -3.28. The number of rotatable bonds is 4. The van der Waals surface area contributed by atoms with Gasteiger partial charge in [-0.05, 0) is 36.1 Å². The van der Waals surface area contributed by atoms with Crippen LogP contribution in [0, 0.1) is 11.3 Å². The fourth-order valence-electron chi connectivity index (χ4n) is 4.85. The summed E-state index contributed by atoms with van der Waals surface area (Å²) in [7, 11) is 3.19. The number of fused-ring (bicyclic) bond motifs is 1. The van der Waals surface area contributed by atoms with Crippen LogP contribution >= 0.6 is 0 Å². The van der Waals surface area contributed by atoms with Crippen molar-refractivity contribution in [2.24, 2.45) is 11.3 Å².